The van der Waals surface area contributed by atoms with Gasteiger partial charge in [-0.05, 0) is 43.3 Å². The highest BCUT2D eigenvalue weighted by molar-refractivity contribution is 5.79. The SMILES string of the molecule is CC(C(=O)NCCn1nc(-c2ccc(F)cc2)ccc1=O)n1nc(-c2ccccc2)ccc1=O. The van der Waals surface area contributed by atoms with E-state index < -0.39 is 17.5 Å². The van der Waals surface area contributed by atoms with Crippen molar-refractivity contribution in [2.75, 3.05) is 6.54 Å². The first-order valence-corrected chi connectivity index (χ1v) is 10.7. The Balaban J connectivity index is 1.44. The molecule has 4 aromatic rings. The van der Waals surface area contributed by atoms with Gasteiger partial charge in [0, 0.05) is 29.8 Å². The Morgan fingerprint density at radius 1 is 0.853 bits per heavy atom. The maximum atomic E-state index is 13.2. The lowest BCUT2D eigenvalue weighted by atomic mass is 10.1. The van der Waals surface area contributed by atoms with E-state index in [2.05, 4.69) is 15.5 Å². The molecule has 8 nitrogen and oxygen atoms in total. The molecule has 2 heterocycles. The Morgan fingerprint density at radius 2 is 1.47 bits per heavy atom. The van der Waals surface area contributed by atoms with Crippen LogP contribution in [0, 0.1) is 5.82 Å². The molecule has 0 aliphatic rings. The van der Waals surface area contributed by atoms with Crippen LogP contribution in [0.5, 0.6) is 0 Å². The number of aromatic nitrogens is 4. The molecular weight excluding hydrogens is 437 g/mol. The molecule has 4 rings (SSSR count). The molecular formula is C25H22FN5O3. The first-order chi connectivity index (χ1) is 16.4. The van der Waals surface area contributed by atoms with Gasteiger partial charge < -0.3 is 5.32 Å². The fourth-order valence-corrected chi connectivity index (χ4v) is 3.39. The van der Waals surface area contributed by atoms with Crippen molar-refractivity contribution in [3.05, 3.63) is 105 Å². The highest BCUT2D eigenvalue weighted by Crippen LogP contribution is 2.16. The summed E-state index contributed by atoms with van der Waals surface area (Å²) in [4.78, 5) is 37.2. The maximum Gasteiger partial charge on any atom is 0.267 e. The Morgan fingerprint density at radius 3 is 2.18 bits per heavy atom. The van der Waals surface area contributed by atoms with Crippen molar-refractivity contribution < 1.29 is 9.18 Å². The number of benzene rings is 2. The molecule has 0 saturated heterocycles. The van der Waals surface area contributed by atoms with Crippen LogP contribution in [0.25, 0.3) is 22.5 Å². The van der Waals surface area contributed by atoms with Gasteiger partial charge in [0.05, 0.1) is 17.9 Å². The van der Waals surface area contributed by atoms with Gasteiger partial charge in [0.1, 0.15) is 11.9 Å². The third kappa shape index (κ3) is 5.15. The molecule has 0 spiro atoms. The summed E-state index contributed by atoms with van der Waals surface area (Å²) in [5, 5.41) is 11.4. The molecule has 34 heavy (non-hydrogen) atoms. The molecule has 0 radical (unpaired) electrons. The molecule has 172 valence electrons. The van der Waals surface area contributed by atoms with E-state index >= 15 is 0 Å². The molecule has 0 aliphatic carbocycles. The van der Waals surface area contributed by atoms with E-state index in [0.29, 0.717) is 17.0 Å². The van der Waals surface area contributed by atoms with Gasteiger partial charge in [-0.2, -0.15) is 10.2 Å². The van der Waals surface area contributed by atoms with Gasteiger partial charge in [-0.25, -0.2) is 13.8 Å². The van der Waals surface area contributed by atoms with E-state index in [4.69, 9.17) is 0 Å². The third-order valence-corrected chi connectivity index (χ3v) is 5.27. The van der Waals surface area contributed by atoms with Crippen molar-refractivity contribution in [3.8, 4) is 22.5 Å². The molecule has 2 aromatic heterocycles. The molecule has 9 heteroatoms. The Hall–Kier alpha value is -4.40. The van der Waals surface area contributed by atoms with Crippen molar-refractivity contribution in [2.45, 2.75) is 19.5 Å². The van der Waals surface area contributed by atoms with Crippen molar-refractivity contribution >= 4 is 5.91 Å². The summed E-state index contributed by atoms with van der Waals surface area (Å²) in [6.07, 6.45) is 0. The van der Waals surface area contributed by atoms with Gasteiger partial charge in [0.25, 0.3) is 11.1 Å². The van der Waals surface area contributed by atoms with Crippen LogP contribution in [0.2, 0.25) is 0 Å². The number of hydrogen-bond acceptors (Lipinski definition) is 5. The van der Waals surface area contributed by atoms with E-state index in [9.17, 15) is 18.8 Å². The van der Waals surface area contributed by atoms with Gasteiger partial charge in [-0.3, -0.25) is 14.4 Å². The molecule has 1 N–H and O–H groups in total. The molecule has 1 amide bonds. The second kappa shape index (κ2) is 10.0. The van der Waals surface area contributed by atoms with E-state index in [0.717, 1.165) is 10.2 Å². The van der Waals surface area contributed by atoms with Crippen molar-refractivity contribution in [3.63, 3.8) is 0 Å². The zero-order valence-electron chi connectivity index (χ0n) is 18.4. The number of halogens is 1. The number of nitrogens with zero attached hydrogens (tertiary/aromatic N) is 4. The van der Waals surface area contributed by atoms with Crippen LogP contribution in [0.15, 0.2) is 88.5 Å². The highest BCUT2D eigenvalue weighted by atomic mass is 19.1. The summed E-state index contributed by atoms with van der Waals surface area (Å²) >= 11 is 0. The fourth-order valence-electron chi connectivity index (χ4n) is 3.39. The lowest BCUT2D eigenvalue weighted by Gasteiger charge is -2.15. The molecule has 1 atom stereocenters. The average molecular weight is 459 g/mol. The lowest BCUT2D eigenvalue weighted by molar-refractivity contribution is -0.124. The van der Waals surface area contributed by atoms with Gasteiger partial charge in [-0.1, -0.05) is 30.3 Å². The second-order valence-electron chi connectivity index (χ2n) is 7.62. The summed E-state index contributed by atoms with van der Waals surface area (Å²) in [5.41, 5.74) is 1.85. The monoisotopic (exact) mass is 459 g/mol. The quantitative estimate of drug-likeness (QED) is 0.458. The molecule has 0 saturated carbocycles. The second-order valence-corrected chi connectivity index (χ2v) is 7.62. The Kier molecular flexibility index (Phi) is 6.72. The van der Waals surface area contributed by atoms with Crippen molar-refractivity contribution in [2.24, 2.45) is 0 Å². The zero-order valence-corrected chi connectivity index (χ0v) is 18.4. The number of hydrogen-bond donors (Lipinski definition) is 1. The van der Waals surface area contributed by atoms with Crippen LogP contribution in [0.4, 0.5) is 4.39 Å². The topological polar surface area (TPSA) is 98.9 Å². The minimum Gasteiger partial charge on any atom is -0.352 e. The number of nitrogens with one attached hydrogen (secondary N) is 1. The van der Waals surface area contributed by atoms with Crippen LogP contribution < -0.4 is 16.4 Å². The van der Waals surface area contributed by atoms with Crippen LogP contribution in [-0.2, 0) is 11.3 Å². The molecule has 0 bridgehead atoms. The van der Waals surface area contributed by atoms with Crippen LogP contribution in [0.1, 0.15) is 13.0 Å². The molecule has 2 aromatic carbocycles. The summed E-state index contributed by atoms with van der Waals surface area (Å²) in [5.74, 6) is -0.778. The number of amides is 1. The zero-order chi connectivity index (χ0) is 24.1. The van der Waals surface area contributed by atoms with Crippen LogP contribution in [-0.4, -0.2) is 32.0 Å². The smallest absolute Gasteiger partial charge is 0.267 e. The summed E-state index contributed by atoms with van der Waals surface area (Å²) in [6.45, 7) is 1.83. The van der Waals surface area contributed by atoms with Crippen LogP contribution >= 0.6 is 0 Å². The predicted molar refractivity (Wildman–Crippen MR) is 126 cm³/mol. The average Bonchev–Trinajstić information content (AvgIpc) is 2.86. The van der Waals surface area contributed by atoms with Gasteiger partial charge in [0.15, 0.2) is 0 Å². The Labute approximate surface area is 194 Å². The molecule has 0 fully saturated rings. The maximum absolute atomic E-state index is 13.2. The largest absolute Gasteiger partial charge is 0.352 e. The minimum atomic E-state index is -0.855. The van der Waals surface area contributed by atoms with Gasteiger partial charge in [0.2, 0.25) is 5.91 Å². The summed E-state index contributed by atoms with van der Waals surface area (Å²) in [6, 6.07) is 20.2. The molecule has 1 unspecified atom stereocenters. The standard InChI is InChI=1S/C25H22FN5O3/c1-17(31-24(33)14-12-22(29-31)18-5-3-2-4-6-18)25(34)27-15-16-30-23(32)13-11-21(28-30)19-7-9-20(26)10-8-19/h2-14,17H,15-16H2,1H3,(H,27,34). The minimum absolute atomic E-state index is 0.121. The Bertz CT molecular complexity index is 1420. The van der Waals surface area contributed by atoms with Gasteiger partial charge >= 0.3 is 0 Å². The van der Waals surface area contributed by atoms with E-state index in [1.54, 1.807) is 31.2 Å². The lowest BCUT2D eigenvalue weighted by Crippen LogP contribution is -2.39. The van der Waals surface area contributed by atoms with Gasteiger partial charge in [-0.15, -0.1) is 0 Å². The van der Waals surface area contributed by atoms with Crippen LogP contribution in [0.3, 0.4) is 0 Å². The van der Waals surface area contributed by atoms with E-state index in [1.165, 1.54) is 28.9 Å². The highest BCUT2D eigenvalue weighted by Gasteiger charge is 2.18. The van der Waals surface area contributed by atoms with E-state index in [1.807, 2.05) is 30.3 Å². The number of carbonyl (C=O) groups is 1. The van der Waals surface area contributed by atoms with E-state index in [-0.39, 0.29) is 24.5 Å². The normalized spacial score (nSPS) is 11.7. The number of rotatable bonds is 7. The fraction of sp³-hybridized carbons (Fsp3) is 0.160. The predicted octanol–water partition coefficient (Wildman–Crippen LogP) is 2.65. The van der Waals surface area contributed by atoms with Crippen molar-refractivity contribution in [1.29, 1.82) is 0 Å². The third-order valence-electron chi connectivity index (χ3n) is 5.27. The summed E-state index contributed by atoms with van der Waals surface area (Å²) < 4.78 is 15.5. The number of carbonyl (C=O) groups excluding carboxylic acids is 1. The first kappa shape index (κ1) is 22.8. The van der Waals surface area contributed by atoms with Crippen molar-refractivity contribution in [1.82, 2.24) is 24.9 Å². The summed E-state index contributed by atoms with van der Waals surface area (Å²) in [7, 11) is 0. The molecule has 0 aliphatic heterocycles. The first-order valence-electron chi connectivity index (χ1n) is 10.7.